The minimum atomic E-state index is 0.906. The summed E-state index contributed by atoms with van der Waals surface area (Å²) in [6, 6.07) is 1.92. The lowest BCUT2D eigenvalue weighted by Gasteiger charge is -2.47. The van der Waals surface area contributed by atoms with E-state index in [4.69, 9.17) is 0 Å². The average Bonchev–Trinajstić information content (AvgIpc) is 2.99. The lowest BCUT2D eigenvalue weighted by Crippen LogP contribution is -2.54. The molecule has 1 heterocycles. The van der Waals surface area contributed by atoms with Crippen molar-refractivity contribution in [3.8, 4) is 0 Å². The molecule has 2 heteroatoms. The Labute approximate surface area is 100.0 Å². The highest BCUT2D eigenvalue weighted by Crippen LogP contribution is 2.37. The van der Waals surface area contributed by atoms with Gasteiger partial charge in [-0.15, -0.1) is 0 Å². The summed E-state index contributed by atoms with van der Waals surface area (Å²) in [4.78, 5) is 5.48. The van der Waals surface area contributed by atoms with Gasteiger partial charge in [0.05, 0.1) is 0 Å². The van der Waals surface area contributed by atoms with Crippen molar-refractivity contribution in [3.05, 3.63) is 0 Å². The van der Waals surface area contributed by atoms with Crippen LogP contribution in [0.15, 0.2) is 0 Å². The van der Waals surface area contributed by atoms with Crippen molar-refractivity contribution in [2.75, 3.05) is 26.2 Å². The molecule has 0 aromatic carbocycles. The van der Waals surface area contributed by atoms with Crippen LogP contribution < -0.4 is 0 Å². The van der Waals surface area contributed by atoms with E-state index in [1.165, 1.54) is 51.9 Å². The van der Waals surface area contributed by atoms with Gasteiger partial charge in [-0.25, -0.2) is 0 Å². The van der Waals surface area contributed by atoms with Crippen LogP contribution in [0.2, 0.25) is 0 Å². The molecule has 1 saturated heterocycles. The van der Waals surface area contributed by atoms with Crippen LogP contribution in [0.4, 0.5) is 0 Å². The number of rotatable bonds is 3. The normalized spacial score (nSPS) is 37.7. The van der Waals surface area contributed by atoms with Gasteiger partial charge in [-0.05, 0) is 37.5 Å². The third-order valence-electron chi connectivity index (χ3n) is 5.02. The highest BCUT2D eigenvalue weighted by Gasteiger charge is 2.38. The number of hydrogen-bond donors (Lipinski definition) is 0. The van der Waals surface area contributed by atoms with Gasteiger partial charge in [0.15, 0.2) is 0 Å². The molecular formula is C14H26N2. The van der Waals surface area contributed by atoms with E-state index < -0.39 is 0 Å². The van der Waals surface area contributed by atoms with Crippen LogP contribution in [-0.2, 0) is 0 Å². The van der Waals surface area contributed by atoms with Gasteiger partial charge in [0.1, 0.15) is 0 Å². The Kier molecular flexibility index (Phi) is 2.97. The van der Waals surface area contributed by atoms with Crippen molar-refractivity contribution in [2.24, 2.45) is 11.8 Å². The summed E-state index contributed by atoms with van der Waals surface area (Å²) in [6.45, 7) is 10.1. The molecule has 0 bridgehead atoms. The maximum Gasteiger partial charge on any atom is 0.0113 e. The highest BCUT2D eigenvalue weighted by molar-refractivity contribution is 4.93. The van der Waals surface area contributed by atoms with E-state index in [1.54, 1.807) is 0 Å². The number of nitrogens with zero attached hydrogens (tertiary/aromatic N) is 2. The molecule has 0 N–H and O–H groups in total. The van der Waals surface area contributed by atoms with E-state index in [-0.39, 0.29) is 0 Å². The van der Waals surface area contributed by atoms with Gasteiger partial charge in [0.2, 0.25) is 0 Å². The summed E-state index contributed by atoms with van der Waals surface area (Å²) >= 11 is 0. The van der Waals surface area contributed by atoms with Gasteiger partial charge in [-0.2, -0.15) is 0 Å². The van der Waals surface area contributed by atoms with Crippen molar-refractivity contribution < 1.29 is 0 Å². The first kappa shape index (κ1) is 11.0. The second kappa shape index (κ2) is 4.30. The van der Waals surface area contributed by atoms with Crippen molar-refractivity contribution >= 4 is 0 Å². The molecule has 0 amide bonds. The van der Waals surface area contributed by atoms with Crippen molar-refractivity contribution in [1.82, 2.24) is 9.80 Å². The van der Waals surface area contributed by atoms with E-state index in [0.29, 0.717) is 0 Å². The van der Waals surface area contributed by atoms with E-state index in [2.05, 4.69) is 23.6 Å². The van der Waals surface area contributed by atoms with Gasteiger partial charge in [-0.3, -0.25) is 9.80 Å². The molecule has 92 valence electrons. The molecule has 0 radical (unpaired) electrons. The lowest BCUT2D eigenvalue weighted by atomic mass is 9.73. The first-order valence-corrected chi connectivity index (χ1v) is 7.22. The molecular weight excluding hydrogens is 196 g/mol. The Hall–Kier alpha value is -0.0800. The first-order valence-electron chi connectivity index (χ1n) is 7.22. The second-order valence-electron chi connectivity index (χ2n) is 6.43. The van der Waals surface area contributed by atoms with E-state index in [1.807, 2.05) is 0 Å². The zero-order chi connectivity index (χ0) is 11.1. The van der Waals surface area contributed by atoms with Gasteiger partial charge in [-0.1, -0.05) is 13.8 Å². The summed E-state index contributed by atoms with van der Waals surface area (Å²) in [5.41, 5.74) is 0. The number of hydrogen-bond acceptors (Lipinski definition) is 2. The molecule has 0 spiro atoms. The van der Waals surface area contributed by atoms with Gasteiger partial charge in [0.25, 0.3) is 0 Å². The van der Waals surface area contributed by atoms with Crippen molar-refractivity contribution in [3.63, 3.8) is 0 Å². The van der Waals surface area contributed by atoms with Crippen molar-refractivity contribution in [1.29, 1.82) is 0 Å². The zero-order valence-corrected chi connectivity index (χ0v) is 10.9. The highest BCUT2D eigenvalue weighted by atomic mass is 15.3. The quantitative estimate of drug-likeness (QED) is 0.722. The SMILES string of the molecule is CC(C)C1CC(N2CCN(C3CC3)CC2)C1. The fourth-order valence-corrected chi connectivity index (χ4v) is 3.38. The summed E-state index contributed by atoms with van der Waals surface area (Å²) in [5.74, 6) is 1.93. The Morgan fingerprint density at radius 1 is 0.812 bits per heavy atom. The summed E-state index contributed by atoms with van der Waals surface area (Å²) < 4.78 is 0. The predicted octanol–water partition coefficient (Wildman–Crippen LogP) is 2.20. The predicted molar refractivity (Wildman–Crippen MR) is 67.5 cm³/mol. The Bertz CT molecular complexity index is 233. The summed E-state index contributed by atoms with van der Waals surface area (Å²) in [6.07, 6.45) is 5.89. The topological polar surface area (TPSA) is 6.48 Å². The van der Waals surface area contributed by atoms with E-state index in [9.17, 15) is 0 Å². The third-order valence-corrected chi connectivity index (χ3v) is 5.02. The first-order chi connectivity index (χ1) is 7.74. The zero-order valence-electron chi connectivity index (χ0n) is 10.9. The third kappa shape index (κ3) is 2.14. The Morgan fingerprint density at radius 3 is 1.75 bits per heavy atom. The molecule has 3 aliphatic rings. The van der Waals surface area contributed by atoms with E-state index >= 15 is 0 Å². The summed E-state index contributed by atoms with van der Waals surface area (Å²) in [5, 5.41) is 0. The van der Waals surface area contributed by atoms with Crippen LogP contribution in [0.3, 0.4) is 0 Å². The lowest BCUT2D eigenvalue weighted by molar-refractivity contribution is 0.0175. The molecule has 2 aliphatic carbocycles. The van der Waals surface area contributed by atoms with Crippen molar-refractivity contribution in [2.45, 2.75) is 51.6 Å². The number of piperazine rings is 1. The fraction of sp³-hybridized carbons (Fsp3) is 1.00. The average molecular weight is 222 g/mol. The molecule has 3 fully saturated rings. The van der Waals surface area contributed by atoms with Crippen LogP contribution in [0.1, 0.15) is 39.5 Å². The molecule has 0 atom stereocenters. The molecule has 1 aliphatic heterocycles. The van der Waals surface area contributed by atoms with Crippen LogP contribution in [0.25, 0.3) is 0 Å². The second-order valence-corrected chi connectivity index (χ2v) is 6.43. The van der Waals surface area contributed by atoms with Crippen LogP contribution >= 0.6 is 0 Å². The largest absolute Gasteiger partial charge is 0.298 e. The molecule has 0 unspecified atom stereocenters. The minimum Gasteiger partial charge on any atom is -0.298 e. The van der Waals surface area contributed by atoms with Gasteiger partial charge >= 0.3 is 0 Å². The van der Waals surface area contributed by atoms with Gasteiger partial charge in [0, 0.05) is 38.3 Å². The minimum absolute atomic E-state index is 0.906. The Morgan fingerprint density at radius 2 is 1.31 bits per heavy atom. The maximum atomic E-state index is 2.76. The summed E-state index contributed by atoms with van der Waals surface area (Å²) in [7, 11) is 0. The fourth-order valence-electron chi connectivity index (χ4n) is 3.38. The molecule has 16 heavy (non-hydrogen) atoms. The van der Waals surface area contributed by atoms with Crippen LogP contribution in [0.5, 0.6) is 0 Å². The molecule has 2 saturated carbocycles. The maximum absolute atomic E-state index is 2.76. The van der Waals surface area contributed by atoms with Crippen LogP contribution in [0, 0.1) is 11.8 Å². The Balaban J connectivity index is 1.41. The monoisotopic (exact) mass is 222 g/mol. The standard InChI is InChI=1S/C14H26N2/c1-11(2)12-9-14(10-12)16-7-5-15(6-8-16)13-3-4-13/h11-14H,3-10H2,1-2H3. The molecule has 3 rings (SSSR count). The van der Waals surface area contributed by atoms with E-state index in [0.717, 1.165) is 23.9 Å². The molecule has 0 aromatic rings. The molecule has 0 aromatic heterocycles. The van der Waals surface area contributed by atoms with Gasteiger partial charge < -0.3 is 0 Å². The smallest absolute Gasteiger partial charge is 0.0113 e. The molecule has 2 nitrogen and oxygen atoms in total. The van der Waals surface area contributed by atoms with Crippen LogP contribution in [-0.4, -0.2) is 48.1 Å².